The maximum Gasteiger partial charge on any atom is 0.330 e. The van der Waals surface area contributed by atoms with Gasteiger partial charge in [0.2, 0.25) is 0 Å². The molecule has 0 aromatic carbocycles. The Morgan fingerprint density at radius 2 is 1.88 bits per heavy atom. The smallest absolute Gasteiger partial charge is 0.330 e. The highest BCUT2D eigenvalue weighted by molar-refractivity contribution is 5.03. The van der Waals surface area contributed by atoms with Crippen LogP contribution in [0.2, 0.25) is 0 Å². The van der Waals surface area contributed by atoms with E-state index < -0.39 is 0 Å². The molecule has 2 aromatic heterocycles. The second kappa shape index (κ2) is 6.97. The first-order valence-corrected chi connectivity index (χ1v) is 8.55. The lowest BCUT2D eigenvalue weighted by atomic mass is 10.1. The van der Waals surface area contributed by atoms with E-state index in [0.717, 1.165) is 42.3 Å². The molecule has 1 fully saturated rings. The summed E-state index contributed by atoms with van der Waals surface area (Å²) in [6, 6.07) is 1.95. The fourth-order valence-corrected chi connectivity index (χ4v) is 3.34. The van der Waals surface area contributed by atoms with Gasteiger partial charge in [0.25, 0.3) is 5.56 Å². The van der Waals surface area contributed by atoms with Crippen LogP contribution < -0.4 is 11.2 Å². The molecule has 1 aliphatic heterocycles. The molecule has 0 spiro atoms. The van der Waals surface area contributed by atoms with Crippen LogP contribution in [0.25, 0.3) is 0 Å². The molecule has 2 aromatic rings. The van der Waals surface area contributed by atoms with E-state index in [1.165, 1.54) is 7.05 Å². The molecule has 1 saturated heterocycles. The Morgan fingerprint density at radius 3 is 2.52 bits per heavy atom. The number of hydrogen-bond acceptors (Lipinski definition) is 5. The molecule has 1 aliphatic rings. The standard InChI is InChI=1S/C17H26N6O2/c1-13-10-22(7-8-23(13)12-15-18-5-6-19(15)2)11-14-9-16(24)21(4)17(25)20(14)3/h5-6,9,13H,7-8,10-12H2,1-4H3/t13-/m1/s1. The summed E-state index contributed by atoms with van der Waals surface area (Å²) in [6.45, 7) is 6.39. The molecule has 25 heavy (non-hydrogen) atoms. The normalized spacial score (nSPS) is 19.4. The Kier molecular flexibility index (Phi) is 4.91. The summed E-state index contributed by atoms with van der Waals surface area (Å²) in [5, 5.41) is 0. The minimum absolute atomic E-state index is 0.250. The van der Waals surface area contributed by atoms with Gasteiger partial charge in [0.1, 0.15) is 5.82 Å². The van der Waals surface area contributed by atoms with Crippen LogP contribution in [0.4, 0.5) is 0 Å². The maximum atomic E-state index is 12.1. The molecule has 0 radical (unpaired) electrons. The minimum Gasteiger partial charge on any atom is -0.337 e. The lowest BCUT2D eigenvalue weighted by Gasteiger charge is -2.39. The average molecular weight is 346 g/mol. The maximum absolute atomic E-state index is 12.1. The van der Waals surface area contributed by atoms with E-state index in [0.29, 0.717) is 12.6 Å². The lowest BCUT2D eigenvalue weighted by Crippen LogP contribution is -2.51. The summed E-state index contributed by atoms with van der Waals surface area (Å²) in [6.07, 6.45) is 3.79. The first-order valence-electron chi connectivity index (χ1n) is 8.55. The summed E-state index contributed by atoms with van der Waals surface area (Å²) >= 11 is 0. The summed E-state index contributed by atoms with van der Waals surface area (Å²) in [7, 11) is 5.24. The predicted molar refractivity (Wildman–Crippen MR) is 95.3 cm³/mol. The van der Waals surface area contributed by atoms with Gasteiger partial charge in [0, 0.05) is 77.5 Å². The Balaban J connectivity index is 1.67. The van der Waals surface area contributed by atoms with Crippen LogP contribution >= 0.6 is 0 Å². The van der Waals surface area contributed by atoms with E-state index in [4.69, 9.17) is 0 Å². The Hall–Kier alpha value is -2.19. The molecule has 1 atom stereocenters. The molecular formula is C17H26N6O2. The van der Waals surface area contributed by atoms with Crippen molar-refractivity contribution in [1.82, 2.24) is 28.5 Å². The molecule has 0 aliphatic carbocycles. The van der Waals surface area contributed by atoms with Crippen molar-refractivity contribution in [3.63, 3.8) is 0 Å². The van der Waals surface area contributed by atoms with Gasteiger partial charge in [0.05, 0.1) is 6.54 Å². The molecule has 3 heterocycles. The third-order valence-corrected chi connectivity index (χ3v) is 5.13. The van der Waals surface area contributed by atoms with Crippen molar-refractivity contribution in [3.05, 3.63) is 50.8 Å². The van der Waals surface area contributed by atoms with Gasteiger partial charge < -0.3 is 4.57 Å². The van der Waals surface area contributed by atoms with Crippen molar-refractivity contribution in [2.45, 2.75) is 26.1 Å². The molecule has 8 heteroatoms. The van der Waals surface area contributed by atoms with Crippen LogP contribution in [0.5, 0.6) is 0 Å². The first kappa shape index (κ1) is 17.6. The molecule has 0 unspecified atom stereocenters. The van der Waals surface area contributed by atoms with Crippen molar-refractivity contribution < 1.29 is 0 Å². The van der Waals surface area contributed by atoms with Crippen LogP contribution in [0.1, 0.15) is 18.4 Å². The van der Waals surface area contributed by atoms with Crippen LogP contribution in [-0.2, 0) is 34.2 Å². The van der Waals surface area contributed by atoms with Crippen LogP contribution in [0.3, 0.4) is 0 Å². The number of piperazine rings is 1. The van der Waals surface area contributed by atoms with Crippen LogP contribution in [0.15, 0.2) is 28.0 Å². The molecule has 0 bridgehead atoms. The van der Waals surface area contributed by atoms with E-state index in [-0.39, 0.29) is 11.2 Å². The number of imidazole rings is 1. The monoisotopic (exact) mass is 346 g/mol. The zero-order valence-corrected chi connectivity index (χ0v) is 15.3. The Labute approximate surface area is 146 Å². The fraction of sp³-hybridized carbons (Fsp3) is 0.588. The molecule has 8 nitrogen and oxygen atoms in total. The summed E-state index contributed by atoms with van der Waals surface area (Å²) in [5.74, 6) is 1.06. The van der Waals surface area contributed by atoms with Gasteiger partial charge in [0.15, 0.2) is 0 Å². The summed E-state index contributed by atoms with van der Waals surface area (Å²) < 4.78 is 4.75. The minimum atomic E-state index is -0.274. The molecule has 3 rings (SSSR count). The molecule has 136 valence electrons. The average Bonchev–Trinajstić information content (AvgIpc) is 2.98. The summed E-state index contributed by atoms with van der Waals surface area (Å²) in [5.41, 5.74) is 0.237. The van der Waals surface area contributed by atoms with Crippen molar-refractivity contribution in [3.8, 4) is 0 Å². The van der Waals surface area contributed by atoms with Gasteiger partial charge >= 0.3 is 5.69 Å². The number of aryl methyl sites for hydroxylation is 1. The topological polar surface area (TPSA) is 68.3 Å². The van der Waals surface area contributed by atoms with Crippen LogP contribution in [0, 0.1) is 0 Å². The van der Waals surface area contributed by atoms with Gasteiger partial charge in [-0.1, -0.05) is 0 Å². The van der Waals surface area contributed by atoms with Crippen molar-refractivity contribution in [2.75, 3.05) is 19.6 Å². The van der Waals surface area contributed by atoms with Crippen LogP contribution in [-0.4, -0.2) is 54.2 Å². The predicted octanol–water partition coefficient (Wildman–Crippen LogP) is -0.476. The highest BCUT2D eigenvalue weighted by atomic mass is 16.2. The first-order chi connectivity index (χ1) is 11.9. The Morgan fingerprint density at radius 1 is 1.12 bits per heavy atom. The van der Waals surface area contributed by atoms with Gasteiger partial charge in [-0.25, -0.2) is 9.78 Å². The number of hydrogen-bond donors (Lipinski definition) is 0. The second-order valence-electron chi connectivity index (χ2n) is 6.88. The number of nitrogens with zero attached hydrogens (tertiary/aromatic N) is 6. The fourth-order valence-electron chi connectivity index (χ4n) is 3.34. The second-order valence-corrected chi connectivity index (χ2v) is 6.88. The van der Waals surface area contributed by atoms with Crippen molar-refractivity contribution in [1.29, 1.82) is 0 Å². The molecule has 0 amide bonds. The number of aromatic nitrogens is 4. The van der Waals surface area contributed by atoms with Gasteiger partial charge in [-0.3, -0.25) is 23.7 Å². The lowest BCUT2D eigenvalue weighted by molar-refractivity contribution is 0.0692. The quantitative estimate of drug-likeness (QED) is 0.748. The van der Waals surface area contributed by atoms with E-state index in [1.807, 2.05) is 19.4 Å². The van der Waals surface area contributed by atoms with E-state index in [2.05, 4.69) is 26.3 Å². The number of rotatable bonds is 4. The summed E-state index contributed by atoms with van der Waals surface area (Å²) in [4.78, 5) is 33.1. The van der Waals surface area contributed by atoms with Gasteiger partial charge in [-0.15, -0.1) is 0 Å². The zero-order chi connectivity index (χ0) is 18.1. The van der Waals surface area contributed by atoms with E-state index >= 15 is 0 Å². The molecular weight excluding hydrogens is 320 g/mol. The largest absolute Gasteiger partial charge is 0.337 e. The van der Waals surface area contributed by atoms with Crippen molar-refractivity contribution in [2.24, 2.45) is 21.1 Å². The van der Waals surface area contributed by atoms with E-state index in [1.54, 1.807) is 17.7 Å². The zero-order valence-electron chi connectivity index (χ0n) is 15.3. The Bertz CT molecular complexity index is 865. The van der Waals surface area contributed by atoms with Crippen molar-refractivity contribution >= 4 is 0 Å². The molecule has 0 saturated carbocycles. The van der Waals surface area contributed by atoms with E-state index in [9.17, 15) is 9.59 Å². The highest BCUT2D eigenvalue weighted by Gasteiger charge is 2.25. The molecule has 0 N–H and O–H groups in total. The third kappa shape index (κ3) is 3.59. The third-order valence-electron chi connectivity index (χ3n) is 5.13. The van der Waals surface area contributed by atoms with Gasteiger partial charge in [-0.05, 0) is 6.92 Å². The SMILES string of the molecule is C[C@@H]1CN(Cc2cc(=O)n(C)c(=O)n2C)CCN1Cc1nccn1C. The van der Waals surface area contributed by atoms with Gasteiger partial charge in [-0.2, -0.15) is 0 Å². The highest BCUT2D eigenvalue weighted by Crippen LogP contribution is 2.14.